The van der Waals surface area contributed by atoms with Crippen LogP contribution in [0.15, 0.2) is 12.7 Å². The lowest BCUT2D eigenvalue weighted by Crippen LogP contribution is -2.43. The van der Waals surface area contributed by atoms with Gasteiger partial charge in [0, 0.05) is 12.6 Å². The van der Waals surface area contributed by atoms with Gasteiger partial charge in [0.15, 0.2) is 0 Å². The summed E-state index contributed by atoms with van der Waals surface area (Å²) in [6.07, 6.45) is 2.44. The van der Waals surface area contributed by atoms with Crippen molar-refractivity contribution in [3.05, 3.63) is 12.7 Å². The molecular formula is C11H20N2O3. The molecule has 0 aromatic carbocycles. The smallest absolute Gasteiger partial charge is 0.323 e. The van der Waals surface area contributed by atoms with Gasteiger partial charge in [-0.15, -0.1) is 6.58 Å². The first-order valence-corrected chi connectivity index (χ1v) is 5.35. The van der Waals surface area contributed by atoms with Crippen molar-refractivity contribution < 1.29 is 14.7 Å². The van der Waals surface area contributed by atoms with Crippen LogP contribution in [0.4, 0.5) is 0 Å². The Bertz CT molecular complexity index is 254. The second-order valence-electron chi connectivity index (χ2n) is 3.65. The molecule has 0 aliphatic rings. The van der Waals surface area contributed by atoms with Crippen LogP contribution in [0.3, 0.4) is 0 Å². The molecule has 0 bridgehead atoms. The Hall–Kier alpha value is -1.36. The van der Waals surface area contributed by atoms with Crippen molar-refractivity contribution in [1.82, 2.24) is 10.2 Å². The number of nitrogens with one attached hydrogen (secondary N) is 1. The van der Waals surface area contributed by atoms with Gasteiger partial charge < -0.3 is 15.3 Å². The summed E-state index contributed by atoms with van der Waals surface area (Å²) in [5.41, 5.74) is 0. The maximum Gasteiger partial charge on any atom is 0.323 e. The molecule has 1 amide bonds. The Morgan fingerprint density at radius 2 is 2.19 bits per heavy atom. The van der Waals surface area contributed by atoms with E-state index in [1.54, 1.807) is 0 Å². The Labute approximate surface area is 96.1 Å². The first-order chi connectivity index (χ1) is 7.51. The molecule has 0 radical (unpaired) electrons. The third kappa shape index (κ3) is 6.19. The summed E-state index contributed by atoms with van der Waals surface area (Å²) in [5.74, 6) is -1.23. The van der Waals surface area contributed by atoms with Crippen LogP contribution in [0, 0.1) is 0 Å². The van der Waals surface area contributed by atoms with Crippen LogP contribution in [-0.2, 0) is 9.59 Å². The van der Waals surface area contributed by atoms with E-state index in [1.807, 2.05) is 13.8 Å². The highest BCUT2D eigenvalue weighted by atomic mass is 16.4. The predicted molar refractivity (Wildman–Crippen MR) is 62.2 cm³/mol. The number of carbonyl (C=O) groups excluding carboxylic acids is 1. The van der Waals surface area contributed by atoms with Crippen molar-refractivity contribution >= 4 is 11.9 Å². The molecule has 16 heavy (non-hydrogen) atoms. The van der Waals surface area contributed by atoms with Gasteiger partial charge in [0.25, 0.3) is 0 Å². The molecule has 0 rings (SSSR count). The van der Waals surface area contributed by atoms with Crippen LogP contribution < -0.4 is 5.32 Å². The maximum atomic E-state index is 11.6. The standard InChI is InChI=1S/C11H20N2O3/c1-4-6-13(8-11(15)16)10(14)7-12-9(3)5-2/h4,9,12H,1,5-8H2,2-3H3,(H,15,16). The average molecular weight is 228 g/mol. The number of nitrogens with zero attached hydrogens (tertiary/aromatic N) is 1. The van der Waals surface area contributed by atoms with Gasteiger partial charge in [-0.25, -0.2) is 0 Å². The Balaban J connectivity index is 4.15. The zero-order valence-corrected chi connectivity index (χ0v) is 9.90. The summed E-state index contributed by atoms with van der Waals surface area (Å²) >= 11 is 0. The van der Waals surface area contributed by atoms with Gasteiger partial charge in [-0.3, -0.25) is 9.59 Å². The molecule has 0 saturated carbocycles. The van der Waals surface area contributed by atoms with Gasteiger partial charge in [-0.1, -0.05) is 13.0 Å². The molecular weight excluding hydrogens is 208 g/mol. The Morgan fingerprint density at radius 3 is 2.62 bits per heavy atom. The maximum absolute atomic E-state index is 11.6. The first-order valence-electron chi connectivity index (χ1n) is 5.35. The van der Waals surface area contributed by atoms with Gasteiger partial charge >= 0.3 is 5.97 Å². The van der Waals surface area contributed by atoms with Crippen LogP contribution in [0.1, 0.15) is 20.3 Å². The minimum absolute atomic E-state index is 0.163. The van der Waals surface area contributed by atoms with Gasteiger partial charge in [0.05, 0.1) is 6.54 Å². The third-order valence-corrected chi connectivity index (χ3v) is 2.24. The minimum Gasteiger partial charge on any atom is -0.480 e. The third-order valence-electron chi connectivity index (χ3n) is 2.24. The summed E-state index contributed by atoms with van der Waals surface area (Å²) in [7, 11) is 0. The monoisotopic (exact) mass is 228 g/mol. The van der Waals surface area contributed by atoms with E-state index in [2.05, 4.69) is 11.9 Å². The highest BCUT2D eigenvalue weighted by Gasteiger charge is 2.15. The van der Waals surface area contributed by atoms with E-state index in [1.165, 1.54) is 11.0 Å². The zero-order chi connectivity index (χ0) is 12.6. The fraction of sp³-hybridized carbons (Fsp3) is 0.636. The van der Waals surface area contributed by atoms with Gasteiger partial charge in [-0.2, -0.15) is 0 Å². The molecule has 5 heteroatoms. The number of carboxylic acids is 1. The number of hydrogen-bond donors (Lipinski definition) is 2. The van der Waals surface area contributed by atoms with Gasteiger partial charge in [0.2, 0.25) is 5.91 Å². The van der Waals surface area contributed by atoms with E-state index in [-0.39, 0.29) is 31.6 Å². The highest BCUT2D eigenvalue weighted by Crippen LogP contribution is 1.92. The lowest BCUT2D eigenvalue weighted by atomic mass is 10.2. The Morgan fingerprint density at radius 1 is 1.56 bits per heavy atom. The van der Waals surface area contributed by atoms with Crippen LogP contribution in [0.5, 0.6) is 0 Å². The molecule has 1 unspecified atom stereocenters. The summed E-state index contributed by atoms with van der Waals surface area (Å²) < 4.78 is 0. The molecule has 0 spiro atoms. The molecule has 0 aromatic rings. The van der Waals surface area contributed by atoms with Gasteiger partial charge in [-0.05, 0) is 13.3 Å². The van der Waals surface area contributed by atoms with Crippen molar-refractivity contribution in [3.63, 3.8) is 0 Å². The first kappa shape index (κ1) is 14.6. The van der Waals surface area contributed by atoms with Crippen molar-refractivity contribution in [3.8, 4) is 0 Å². The van der Waals surface area contributed by atoms with E-state index < -0.39 is 5.97 Å². The van der Waals surface area contributed by atoms with Crippen LogP contribution in [-0.4, -0.2) is 47.6 Å². The zero-order valence-electron chi connectivity index (χ0n) is 9.90. The summed E-state index contributed by atoms with van der Waals surface area (Å²) in [6.45, 7) is 7.62. The molecule has 1 atom stereocenters. The second-order valence-corrected chi connectivity index (χ2v) is 3.65. The lowest BCUT2D eigenvalue weighted by Gasteiger charge is -2.20. The van der Waals surface area contributed by atoms with E-state index in [4.69, 9.17) is 5.11 Å². The molecule has 0 fully saturated rings. The van der Waals surface area contributed by atoms with E-state index >= 15 is 0 Å². The van der Waals surface area contributed by atoms with Crippen molar-refractivity contribution in [2.24, 2.45) is 0 Å². The summed E-state index contributed by atoms with van der Waals surface area (Å²) in [6, 6.07) is 0.249. The minimum atomic E-state index is -1.02. The molecule has 0 aromatic heterocycles. The quantitative estimate of drug-likeness (QED) is 0.593. The fourth-order valence-electron chi connectivity index (χ4n) is 1.09. The van der Waals surface area contributed by atoms with E-state index in [0.29, 0.717) is 0 Å². The van der Waals surface area contributed by atoms with Crippen LogP contribution in [0.2, 0.25) is 0 Å². The second kappa shape index (κ2) is 7.87. The van der Waals surface area contributed by atoms with Crippen molar-refractivity contribution in [1.29, 1.82) is 0 Å². The molecule has 0 heterocycles. The molecule has 5 nitrogen and oxygen atoms in total. The molecule has 92 valence electrons. The topological polar surface area (TPSA) is 69.6 Å². The normalized spacial score (nSPS) is 11.9. The molecule has 2 N–H and O–H groups in total. The average Bonchev–Trinajstić information content (AvgIpc) is 2.24. The van der Waals surface area contributed by atoms with Crippen LogP contribution >= 0.6 is 0 Å². The number of amides is 1. The van der Waals surface area contributed by atoms with Crippen LogP contribution in [0.25, 0.3) is 0 Å². The number of carbonyl (C=O) groups is 2. The number of aliphatic carboxylic acids is 1. The van der Waals surface area contributed by atoms with Crippen molar-refractivity contribution in [2.45, 2.75) is 26.3 Å². The largest absolute Gasteiger partial charge is 0.480 e. The van der Waals surface area contributed by atoms with E-state index in [0.717, 1.165) is 6.42 Å². The summed E-state index contributed by atoms with van der Waals surface area (Å²) in [4.78, 5) is 23.4. The highest BCUT2D eigenvalue weighted by molar-refractivity contribution is 5.82. The van der Waals surface area contributed by atoms with Gasteiger partial charge in [0.1, 0.15) is 6.54 Å². The number of carboxylic acid groups (broad SMARTS) is 1. The predicted octanol–water partition coefficient (Wildman–Crippen LogP) is 0.474. The lowest BCUT2D eigenvalue weighted by molar-refractivity contribution is -0.143. The van der Waals surface area contributed by atoms with E-state index in [9.17, 15) is 9.59 Å². The number of rotatable bonds is 8. The number of hydrogen-bond acceptors (Lipinski definition) is 3. The Kier molecular flexibility index (Phi) is 7.20. The van der Waals surface area contributed by atoms with Crippen molar-refractivity contribution in [2.75, 3.05) is 19.6 Å². The molecule has 0 aliphatic heterocycles. The molecule has 0 aliphatic carbocycles. The molecule has 0 saturated heterocycles. The SMILES string of the molecule is C=CCN(CC(=O)O)C(=O)CNC(C)CC. The fourth-order valence-corrected chi connectivity index (χ4v) is 1.09. The summed E-state index contributed by atoms with van der Waals surface area (Å²) in [5, 5.41) is 11.7.